The lowest BCUT2D eigenvalue weighted by atomic mass is 10.0. The van der Waals surface area contributed by atoms with Crippen molar-refractivity contribution in [1.29, 1.82) is 5.26 Å². The zero-order chi connectivity index (χ0) is 23.3. The highest BCUT2D eigenvalue weighted by atomic mass is 16.5. The number of nitrogens with zero attached hydrogens (tertiary/aromatic N) is 4. The monoisotopic (exact) mass is 451 g/mol. The van der Waals surface area contributed by atoms with Gasteiger partial charge in [0.2, 0.25) is 5.88 Å². The van der Waals surface area contributed by atoms with Crippen LogP contribution in [-0.4, -0.2) is 34.0 Å². The van der Waals surface area contributed by atoms with Crippen molar-refractivity contribution in [2.75, 3.05) is 18.5 Å². The molecule has 7 heteroatoms. The number of anilines is 1. The highest BCUT2D eigenvalue weighted by Crippen LogP contribution is 2.35. The fourth-order valence-corrected chi connectivity index (χ4v) is 4.08. The number of rotatable bonds is 7. The van der Waals surface area contributed by atoms with Gasteiger partial charge in [0.25, 0.3) is 0 Å². The highest BCUT2D eigenvalue weighted by molar-refractivity contribution is 5.69. The first-order valence-corrected chi connectivity index (χ1v) is 11.2. The minimum Gasteiger partial charge on any atom is -0.468 e. The molecule has 3 heterocycles. The quantitative estimate of drug-likeness (QED) is 0.444. The lowest BCUT2D eigenvalue weighted by Crippen LogP contribution is -2.38. The summed E-state index contributed by atoms with van der Waals surface area (Å²) in [6.07, 6.45) is 5.86. The summed E-state index contributed by atoms with van der Waals surface area (Å²) >= 11 is 0. The fraction of sp³-hybridized carbons (Fsp3) is 0.222. The molecule has 7 nitrogen and oxygen atoms in total. The van der Waals surface area contributed by atoms with Crippen molar-refractivity contribution in [2.45, 2.75) is 18.6 Å². The van der Waals surface area contributed by atoms with Crippen molar-refractivity contribution in [2.24, 2.45) is 7.05 Å². The zero-order valence-corrected chi connectivity index (χ0v) is 18.9. The Morgan fingerprint density at radius 3 is 2.71 bits per heavy atom. The molecule has 34 heavy (non-hydrogen) atoms. The summed E-state index contributed by atoms with van der Waals surface area (Å²) in [6.45, 7) is 1.13. The maximum Gasteiger partial charge on any atom is 0.237 e. The van der Waals surface area contributed by atoms with E-state index in [0.717, 1.165) is 34.4 Å². The Labute approximate surface area is 198 Å². The molecular weight excluding hydrogens is 426 g/mol. The predicted octanol–water partition coefficient (Wildman–Crippen LogP) is 4.53. The lowest BCUT2D eigenvalue weighted by Gasteiger charge is -2.32. The van der Waals surface area contributed by atoms with E-state index in [-0.39, 0.29) is 12.2 Å². The lowest BCUT2D eigenvalue weighted by molar-refractivity contribution is -0.0251. The normalized spacial score (nSPS) is 15.5. The minimum absolute atomic E-state index is 0.229. The van der Waals surface area contributed by atoms with E-state index in [0.29, 0.717) is 24.6 Å². The molecule has 170 valence electrons. The molecule has 2 atom stereocenters. The average molecular weight is 452 g/mol. The van der Waals surface area contributed by atoms with Gasteiger partial charge < -0.3 is 14.8 Å². The summed E-state index contributed by atoms with van der Waals surface area (Å²) < 4.78 is 14.5. The van der Waals surface area contributed by atoms with Crippen LogP contribution in [0.4, 0.5) is 5.69 Å². The van der Waals surface area contributed by atoms with Gasteiger partial charge in [-0.05, 0) is 35.7 Å². The summed E-state index contributed by atoms with van der Waals surface area (Å²) in [5, 5.41) is 16.7. The van der Waals surface area contributed by atoms with Gasteiger partial charge in [0.05, 0.1) is 36.7 Å². The van der Waals surface area contributed by atoms with Gasteiger partial charge in [-0.3, -0.25) is 4.68 Å². The first-order valence-electron chi connectivity index (χ1n) is 11.2. The first kappa shape index (κ1) is 21.7. The summed E-state index contributed by atoms with van der Waals surface area (Å²) in [5.41, 5.74) is 5.70. The van der Waals surface area contributed by atoms with Gasteiger partial charge in [0.15, 0.2) is 0 Å². The number of nitrogens with one attached hydrogen (secondary N) is 1. The van der Waals surface area contributed by atoms with Crippen LogP contribution in [0.25, 0.3) is 11.1 Å². The summed E-state index contributed by atoms with van der Waals surface area (Å²) in [6, 6.07) is 21.9. The number of aromatic nitrogens is 3. The molecule has 0 saturated carbocycles. The van der Waals surface area contributed by atoms with Crippen molar-refractivity contribution in [1.82, 2.24) is 14.8 Å². The van der Waals surface area contributed by atoms with E-state index < -0.39 is 0 Å². The van der Waals surface area contributed by atoms with Crippen LogP contribution in [0.1, 0.15) is 22.8 Å². The number of aryl methyl sites for hydroxylation is 1. The topological polar surface area (TPSA) is 85.0 Å². The summed E-state index contributed by atoms with van der Waals surface area (Å²) in [7, 11) is 1.90. The van der Waals surface area contributed by atoms with Gasteiger partial charge in [-0.2, -0.15) is 10.4 Å². The Morgan fingerprint density at radius 1 is 1.15 bits per heavy atom. The standard InChI is InChI=1S/C27H25N5O2/c1-32-18-23(16-31-32)22-13-24-27(30-15-22)34-25(17-29-24)26(21-5-3-2-4-6-21)33-12-11-19-7-9-20(14-28)10-8-19/h2-10,13,15-16,18,25-26,29H,11-12,17H2,1H3. The Morgan fingerprint density at radius 2 is 1.97 bits per heavy atom. The van der Waals surface area contributed by atoms with E-state index in [1.165, 1.54) is 0 Å². The van der Waals surface area contributed by atoms with Gasteiger partial charge >= 0.3 is 0 Å². The molecule has 4 aromatic rings. The molecule has 0 radical (unpaired) electrons. The molecule has 1 N–H and O–H groups in total. The number of hydrogen-bond acceptors (Lipinski definition) is 6. The second-order valence-electron chi connectivity index (χ2n) is 8.28. The molecular formula is C27H25N5O2. The van der Waals surface area contributed by atoms with Crippen LogP contribution >= 0.6 is 0 Å². The summed E-state index contributed by atoms with van der Waals surface area (Å²) in [5.74, 6) is 0.570. The molecule has 1 aliphatic heterocycles. The van der Waals surface area contributed by atoms with Crippen LogP contribution in [0.5, 0.6) is 5.88 Å². The zero-order valence-electron chi connectivity index (χ0n) is 18.9. The van der Waals surface area contributed by atoms with Crippen LogP contribution in [0, 0.1) is 11.3 Å². The Bertz CT molecular complexity index is 1290. The fourth-order valence-electron chi connectivity index (χ4n) is 4.08. The molecule has 5 rings (SSSR count). The van der Waals surface area contributed by atoms with Gasteiger partial charge in [0, 0.05) is 30.6 Å². The van der Waals surface area contributed by atoms with E-state index in [1.807, 2.05) is 74.2 Å². The van der Waals surface area contributed by atoms with Gasteiger partial charge in [-0.15, -0.1) is 0 Å². The molecule has 2 aromatic carbocycles. The first-order chi connectivity index (χ1) is 16.7. The van der Waals surface area contributed by atoms with Crippen LogP contribution in [0.15, 0.2) is 79.3 Å². The molecule has 0 aliphatic carbocycles. The number of fused-ring (bicyclic) bond motifs is 1. The van der Waals surface area contributed by atoms with Crippen molar-refractivity contribution in [3.8, 4) is 23.1 Å². The largest absolute Gasteiger partial charge is 0.468 e. The number of benzene rings is 2. The molecule has 2 unspecified atom stereocenters. The molecule has 1 aliphatic rings. The predicted molar refractivity (Wildman–Crippen MR) is 129 cm³/mol. The third kappa shape index (κ3) is 4.77. The van der Waals surface area contributed by atoms with Crippen LogP contribution in [0.2, 0.25) is 0 Å². The maximum absolute atomic E-state index is 8.99. The van der Waals surface area contributed by atoms with E-state index in [4.69, 9.17) is 14.7 Å². The Kier molecular flexibility index (Phi) is 6.23. The average Bonchev–Trinajstić information content (AvgIpc) is 3.33. The maximum atomic E-state index is 8.99. The van der Waals surface area contributed by atoms with E-state index in [9.17, 15) is 0 Å². The second-order valence-corrected chi connectivity index (χ2v) is 8.28. The number of ether oxygens (including phenoxy) is 2. The molecule has 0 fully saturated rings. The number of hydrogen-bond donors (Lipinski definition) is 1. The SMILES string of the molecule is Cn1cc(-c2cnc3c(c2)NCC(C(OCCc2ccc(C#N)cc2)c2ccccc2)O3)cn1. The van der Waals surface area contributed by atoms with Crippen molar-refractivity contribution >= 4 is 5.69 Å². The third-order valence-electron chi connectivity index (χ3n) is 5.88. The number of pyridine rings is 1. The van der Waals surface area contributed by atoms with Crippen LogP contribution in [-0.2, 0) is 18.2 Å². The molecule has 0 saturated heterocycles. The molecule has 0 amide bonds. The molecule has 0 spiro atoms. The highest BCUT2D eigenvalue weighted by Gasteiger charge is 2.30. The number of nitriles is 1. The van der Waals surface area contributed by atoms with Gasteiger partial charge in [-0.25, -0.2) is 4.98 Å². The van der Waals surface area contributed by atoms with E-state index in [2.05, 4.69) is 33.6 Å². The summed E-state index contributed by atoms with van der Waals surface area (Å²) in [4.78, 5) is 4.57. The minimum atomic E-state index is -0.250. The van der Waals surface area contributed by atoms with Crippen LogP contribution in [0.3, 0.4) is 0 Å². The van der Waals surface area contributed by atoms with E-state index >= 15 is 0 Å². The molecule has 2 aromatic heterocycles. The smallest absolute Gasteiger partial charge is 0.237 e. The van der Waals surface area contributed by atoms with Crippen molar-refractivity contribution in [3.05, 3.63) is 95.9 Å². The van der Waals surface area contributed by atoms with Crippen molar-refractivity contribution < 1.29 is 9.47 Å². The van der Waals surface area contributed by atoms with Gasteiger partial charge in [-0.1, -0.05) is 42.5 Å². The Hall–Kier alpha value is -4.15. The third-order valence-corrected chi connectivity index (χ3v) is 5.88. The molecule has 0 bridgehead atoms. The van der Waals surface area contributed by atoms with E-state index in [1.54, 1.807) is 4.68 Å². The Balaban J connectivity index is 1.30. The van der Waals surface area contributed by atoms with Gasteiger partial charge in [0.1, 0.15) is 12.2 Å². The van der Waals surface area contributed by atoms with Crippen LogP contribution < -0.4 is 10.1 Å². The second kappa shape index (κ2) is 9.77. The van der Waals surface area contributed by atoms with Crippen molar-refractivity contribution in [3.63, 3.8) is 0 Å².